The zero-order valence-electron chi connectivity index (χ0n) is 28.0. The molecule has 7 rings (SSSR count). The van der Waals surface area contributed by atoms with Gasteiger partial charge in [0.25, 0.3) is 23.6 Å². The van der Waals surface area contributed by atoms with E-state index < -0.39 is 171 Å². The lowest BCUT2D eigenvalue weighted by Gasteiger charge is -2.35. The van der Waals surface area contributed by atoms with E-state index in [1.807, 2.05) is 0 Å². The fourth-order valence-electron chi connectivity index (χ4n) is 7.31. The van der Waals surface area contributed by atoms with Crippen molar-refractivity contribution in [2.24, 2.45) is 0 Å². The first kappa shape index (κ1) is 42.4. The SMILES string of the molecule is O=C1c2ccc3c4c(C(F)(F)F)cc5c6c(cc(C(F)(F)F)c(c7ccc(c2c37)C(=O)N1CC(F)(F)C(F)(F)C(F)(F)F)c64)C(=O)N(CC(F)(F)C(F)(F)C(F)(F)F)C5=O. The van der Waals surface area contributed by atoms with E-state index in [-0.39, 0.29) is 12.1 Å². The third-order valence-electron chi connectivity index (χ3n) is 9.96. The van der Waals surface area contributed by atoms with Gasteiger partial charge in [0.2, 0.25) is 0 Å². The Kier molecular flexibility index (Phi) is 8.46. The van der Waals surface area contributed by atoms with Crippen LogP contribution >= 0.6 is 0 Å². The molecule has 0 radical (unpaired) electrons. The number of carbonyl (C=O) groups excluding carboxylic acids is 4. The van der Waals surface area contributed by atoms with Crippen molar-refractivity contribution in [1.29, 1.82) is 0 Å². The summed E-state index contributed by atoms with van der Waals surface area (Å²) in [4.78, 5) is 51.8. The van der Waals surface area contributed by atoms with E-state index in [9.17, 15) is 107 Å². The second kappa shape index (κ2) is 12.0. The summed E-state index contributed by atoms with van der Waals surface area (Å²) in [6.07, 6.45) is -25.7. The number of alkyl halides is 20. The van der Waals surface area contributed by atoms with E-state index in [2.05, 4.69) is 0 Å². The zero-order chi connectivity index (χ0) is 45.2. The van der Waals surface area contributed by atoms with Gasteiger partial charge >= 0.3 is 48.4 Å². The molecule has 0 aliphatic carbocycles. The molecule has 4 amide bonds. The zero-order valence-corrected chi connectivity index (χ0v) is 28.0. The van der Waals surface area contributed by atoms with E-state index in [0.29, 0.717) is 24.3 Å². The molecule has 5 aromatic rings. The number of amides is 4. The van der Waals surface area contributed by atoms with Crippen molar-refractivity contribution >= 4 is 66.7 Å². The lowest BCUT2D eigenvalue weighted by Crippen LogP contribution is -2.59. The van der Waals surface area contributed by atoms with Crippen LogP contribution in [0.15, 0.2) is 36.4 Å². The molecule has 0 spiro atoms. The number of rotatable bonds is 6. The third-order valence-corrected chi connectivity index (χ3v) is 9.96. The highest BCUT2D eigenvalue weighted by atomic mass is 19.4. The minimum Gasteiger partial charge on any atom is -0.269 e. The van der Waals surface area contributed by atoms with E-state index in [1.54, 1.807) is 0 Å². The van der Waals surface area contributed by atoms with E-state index in [0.717, 1.165) is 0 Å². The summed E-state index contributed by atoms with van der Waals surface area (Å²) < 4.78 is 280. The van der Waals surface area contributed by atoms with Gasteiger partial charge in [0, 0.05) is 49.2 Å². The van der Waals surface area contributed by atoms with Gasteiger partial charge in [-0.25, -0.2) is 0 Å². The minimum absolute atomic E-state index is 0.262. The van der Waals surface area contributed by atoms with Crippen molar-refractivity contribution in [3.8, 4) is 0 Å². The van der Waals surface area contributed by atoms with Gasteiger partial charge in [-0.05, 0) is 40.4 Å². The van der Waals surface area contributed by atoms with E-state index in [4.69, 9.17) is 0 Å². The van der Waals surface area contributed by atoms with Crippen molar-refractivity contribution in [2.75, 3.05) is 13.1 Å². The van der Waals surface area contributed by atoms with Crippen LogP contribution < -0.4 is 0 Å². The highest BCUT2D eigenvalue weighted by Crippen LogP contribution is 2.55. The first-order valence-corrected chi connectivity index (χ1v) is 15.8. The molecule has 26 heteroatoms. The fourth-order valence-corrected chi connectivity index (χ4v) is 7.31. The molecule has 0 aromatic heterocycles. The molecule has 0 saturated heterocycles. The highest BCUT2D eigenvalue weighted by molar-refractivity contribution is 6.42. The monoisotopic (exact) mass is 890 g/mol. The summed E-state index contributed by atoms with van der Waals surface area (Å²) in [6, 6.07) is 1.24. The van der Waals surface area contributed by atoms with Crippen LogP contribution in [-0.4, -0.2) is 82.6 Å². The molecule has 6 nitrogen and oxygen atoms in total. The summed E-state index contributed by atoms with van der Waals surface area (Å²) in [5.41, 5.74) is -9.79. The van der Waals surface area contributed by atoms with E-state index >= 15 is 0 Å². The van der Waals surface area contributed by atoms with Crippen molar-refractivity contribution in [3.63, 3.8) is 0 Å². The van der Waals surface area contributed by atoms with Crippen LogP contribution in [0.4, 0.5) is 87.8 Å². The Labute approximate surface area is 315 Å². The molecule has 0 atom stereocenters. The summed E-state index contributed by atoms with van der Waals surface area (Å²) in [6.45, 7) is -6.18. The second-order valence-electron chi connectivity index (χ2n) is 13.5. The summed E-state index contributed by atoms with van der Waals surface area (Å²) in [5.74, 6) is -35.5. The van der Waals surface area contributed by atoms with Crippen LogP contribution in [0.3, 0.4) is 0 Å². The van der Waals surface area contributed by atoms with Crippen LogP contribution in [0.1, 0.15) is 52.6 Å². The maximum absolute atomic E-state index is 15.0. The number of carbonyl (C=O) groups is 4. The number of benzene rings is 5. The smallest absolute Gasteiger partial charge is 0.269 e. The number of imide groups is 2. The average Bonchev–Trinajstić information content (AvgIpc) is 3.10. The Morgan fingerprint density at radius 2 is 0.667 bits per heavy atom. The molecule has 320 valence electrons. The van der Waals surface area contributed by atoms with Gasteiger partial charge in [0.1, 0.15) is 0 Å². The largest absolute Gasteiger partial charge is 0.459 e. The van der Waals surface area contributed by atoms with Crippen LogP contribution in [-0.2, 0) is 12.4 Å². The minimum atomic E-state index is -7.07. The molecule has 0 saturated carbocycles. The number of nitrogens with zero attached hydrogens (tertiary/aromatic N) is 2. The fraction of sp³-hybridized carbons (Fsp3) is 0.294. The first-order valence-electron chi connectivity index (χ1n) is 15.8. The van der Waals surface area contributed by atoms with Crippen molar-refractivity contribution in [3.05, 3.63) is 69.8 Å². The predicted octanol–water partition coefficient (Wildman–Crippen LogP) is 10.6. The summed E-state index contributed by atoms with van der Waals surface area (Å²) >= 11 is 0. The number of hydrogen-bond acceptors (Lipinski definition) is 4. The van der Waals surface area contributed by atoms with Gasteiger partial charge in [-0.1, -0.05) is 12.1 Å². The van der Waals surface area contributed by atoms with Gasteiger partial charge in [0.05, 0.1) is 24.2 Å². The van der Waals surface area contributed by atoms with Crippen LogP contribution in [0, 0.1) is 0 Å². The van der Waals surface area contributed by atoms with Gasteiger partial charge in [-0.15, -0.1) is 0 Å². The summed E-state index contributed by atoms with van der Waals surface area (Å²) in [7, 11) is 0. The van der Waals surface area contributed by atoms with Crippen LogP contribution in [0.2, 0.25) is 0 Å². The van der Waals surface area contributed by atoms with Gasteiger partial charge < -0.3 is 0 Å². The standard InChI is InChI=1S/C34H10F20N2O4/c35-27(36,31(45,46)33(49,50)51)7-55-23(57)11-3-1-9-17-10(2-4-12(18(11)17)24(55)58)21-16(30(42,43)44)6-14-19-13(5-15(29(39,40)41)20(9)22(19)21)25(59)56(26(14)60)8-28(37,38)32(47,48)34(52,53)54/h1-6H,7-8H2. The van der Waals surface area contributed by atoms with Crippen molar-refractivity contribution in [1.82, 2.24) is 9.80 Å². The molecular weight excluding hydrogens is 880 g/mol. The summed E-state index contributed by atoms with van der Waals surface area (Å²) in [5, 5.41) is -9.10. The predicted molar refractivity (Wildman–Crippen MR) is 160 cm³/mol. The van der Waals surface area contributed by atoms with Crippen molar-refractivity contribution in [2.45, 2.75) is 48.4 Å². The molecule has 0 bridgehead atoms. The molecule has 2 aliphatic rings. The molecule has 5 aromatic carbocycles. The Balaban J connectivity index is 1.56. The maximum Gasteiger partial charge on any atom is 0.459 e. The van der Waals surface area contributed by atoms with Gasteiger partial charge in [0.15, 0.2) is 0 Å². The molecule has 0 N–H and O–H groups in total. The number of hydrogen-bond donors (Lipinski definition) is 0. The quantitative estimate of drug-likeness (QED) is 0.0737. The van der Waals surface area contributed by atoms with E-state index in [1.165, 1.54) is 0 Å². The normalized spacial score (nSPS) is 16.5. The van der Waals surface area contributed by atoms with Crippen LogP contribution in [0.5, 0.6) is 0 Å². The molecule has 0 unspecified atom stereocenters. The molecule has 2 aliphatic heterocycles. The molecular formula is C34H10F20N2O4. The van der Waals surface area contributed by atoms with Gasteiger partial charge in [-0.2, -0.15) is 87.8 Å². The van der Waals surface area contributed by atoms with Crippen molar-refractivity contribution < 1.29 is 107 Å². The first-order chi connectivity index (χ1) is 27.0. The molecule has 2 heterocycles. The molecule has 60 heavy (non-hydrogen) atoms. The van der Waals surface area contributed by atoms with Gasteiger partial charge in [-0.3, -0.25) is 29.0 Å². The third kappa shape index (κ3) is 5.49. The topological polar surface area (TPSA) is 74.8 Å². The second-order valence-corrected chi connectivity index (χ2v) is 13.5. The van der Waals surface area contributed by atoms with Crippen LogP contribution in [0.25, 0.3) is 43.1 Å². The number of halogens is 20. The molecule has 0 fully saturated rings. The Hall–Kier alpha value is -5.72. The number of fused-ring (bicyclic) bond motifs is 2. The lowest BCUT2D eigenvalue weighted by atomic mass is 9.79. The lowest BCUT2D eigenvalue weighted by molar-refractivity contribution is -0.354. The Morgan fingerprint density at radius 3 is 0.967 bits per heavy atom. The highest BCUT2D eigenvalue weighted by Gasteiger charge is 2.75. The maximum atomic E-state index is 15.0. The average molecular weight is 890 g/mol. The Bertz CT molecular complexity index is 2620. The Morgan fingerprint density at radius 1 is 0.367 bits per heavy atom.